The fourth-order valence-electron chi connectivity index (χ4n) is 4.04. The number of aromatic nitrogens is 3. The number of nitrogens with zero attached hydrogens (tertiary/aromatic N) is 5. The Morgan fingerprint density at radius 3 is 2.17 bits per heavy atom. The summed E-state index contributed by atoms with van der Waals surface area (Å²) in [6.45, 7) is 10.8. The van der Waals surface area contributed by atoms with Crippen LogP contribution in [0.1, 0.15) is 38.4 Å². The van der Waals surface area contributed by atoms with Gasteiger partial charge in [-0.25, -0.2) is 0 Å². The Morgan fingerprint density at radius 1 is 0.867 bits per heavy atom. The topological polar surface area (TPSA) is 54.3 Å². The number of carbonyl (C=O) groups is 1. The standard InChI is InChI=1S/C24H29N5O/c1-18-4-6-21(7-5-18)17-29-20(3)23(19(2)26-29)24(30)28-14-12-27(13-15-28)16-22-8-10-25-11-9-22/h4-11H,12-17H2,1-3H3. The summed E-state index contributed by atoms with van der Waals surface area (Å²) in [5, 5.41) is 4.67. The van der Waals surface area contributed by atoms with Gasteiger partial charge in [-0.05, 0) is 44.0 Å². The van der Waals surface area contributed by atoms with Crippen molar-refractivity contribution in [1.82, 2.24) is 24.6 Å². The molecule has 3 heterocycles. The smallest absolute Gasteiger partial charge is 0.257 e. The summed E-state index contributed by atoms with van der Waals surface area (Å²) in [5.74, 6) is 0.101. The number of carbonyl (C=O) groups excluding carboxylic acids is 1. The third-order valence-corrected chi connectivity index (χ3v) is 5.86. The first kappa shape index (κ1) is 20.3. The van der Waals surface area contributed by atoms with Crippen molar-refractivity contribution in [1.29, 1.82) is 0 Å². The minimum Gasteiger partial charge on any atom is -0.336 e. The lowest BCUT2D eigenvalue weighted by Gasteiger charge is -2.34. The van der Waals surface area contributed by atoms with E-state index in [1.165, 1.54) is 16.7 Å². The molecule has 1 fully saturated rings. The van der Waals surface area contributed by atoms with Crippen molar-refractivity contribution in [2.45, 2.75) is 33.9 Å². The van der Waals surface area contributed by atoms with Crippen LogP contribution in [-0.4, -0.2) is 56.7 Å². The van der Waals surface area contributed by atoms with Gasteiger partial charge in [0.25, 0.3) is 5.91 Å². The van der Waals surface area contributed by atoms with Crippen molar-refractivity contribution in [3.8, 4) is 0 Å². The summed E-state index contributed by atoms with van der Waals surface area (Å²) in [6.07, 6.45) is 3.66. The second kappa shape index (κ2) is 8.79. The molecule has 4 rings (SSSR count). The highest BCUT2D eigenvalue weighted by Gasteiger charge is 2.27. The predicted molar refractivity (Wildman–Crippen MR) is 117 cm³/mol. The molecular weight excluding hydrogens is 374 g/mol. The van der Waals surface area contributed by atoms with Gasteiger partial charge in [-0.3, -0.25) is 19.4 Å². The monoisotopic (exact) mass is 403 g/mol. The largest absolute Gasteiger partial charge is 0.336 e. The zero-order chi connectivity index (χ0) is 21.1. The predicted octanol–water partition coefficient (Wildman–Crippen LogP) is 3.21. The van der Waals surface area contributed by atoms with Crippen molar-refractivity contribution < 1.29 is 4.79 Å². The van der Waals surface area contributed by atoms with Gasteiger partial charge in [0, 0.05) is 50.8 Å². The van der Waals surface area contributed by atoms with E-state index in [1.54, 1.807) is 0 Å². The highest BCUT2D eigenvalue weighted by atomic mass is 16.2. The molecule has 1 aromatic carbocycles. The molecule has 0 N–H and O–H groups in total. The Labute approximate surface area is 178 Å². The van der Waals surface area contributed by atoms with E-state index in [0.717, 1.165) is 49.7 Å². The molecule has 0 bridgehead atoms. The van der Waals surface area contributed by atoms with Crippen LogP contribution in [0.4, 0.5) is 0 Å². The third kappa shape index (κ3) is 4.44. The van der Waals surface area contributed by atoms with Gasteiger partial charge < -0.3 is 4.90 Å². The molecule has 1 aliphatic heterocycles. The maximum absolute atomic E-state index is 13.3. The number of aryl methyl sites for hydroxylation is 2. The number of rotatable bonds is 5. The van der Waals surface area contributed by atoms with Crippen LogP contribution in [0.15, 0.2) is 48.8 Å². The molecule has 0 saturated carbocycles. The van der Waals surface area contributed by atoms with Crippen LogP contribution in [0.5, 0.6) is 0 Å². The van der Waals surface area contributed by atoms with Gasteiger partial charge in [0.05, 0.1) is 17.8 Å². The lowest BCUT2D eigenvalue weighted by molar-refractivity contribution is 0.0627. The molecule has 6 heteroatoms. The lowest BCUT2D eigenvalue weighted by atomic mass is 10.1. The van der Waals surface area contributed by atoms with Gasteiger partial charge in [0.1, 0.15) is 0 Å². The first-order chi connectivity index (χ1) is 14.5. The number of hydrogen-bond acceptors (Lipinski definition) is 4. The minimum absolute atomic E-state index is 0.101. The van der Waals surface area contributed by atoms with Crippen molar-refractivity contribution in [2.75, 3.05) is 26.2 Å². The molecule has 0 unspecified atom stereocenters. The first-order valence-electron chi connectivity index (χ1n) is 10.5. The van der Waals surface area contributed by atoms with Crippen LogP contribution < -0.4 is 0 Å². The van der Waals surface area contributed by atoms with E-state index in [2.05, 4.69) is 46.2 Å². The summed E-state index contributed by atoms with van der Waals surface area (Å²) in [7, 11) is 0. The number of amides is 1. The number of pyridine rings is 1. The molecule has 0 aliphatic carbocycles. The Balaban J connectivity index is 1.41. The molecule has 0 atom stereocenters. The maximum Gasteiger partial charge on any atom is 0.257 e. The summed E-state index contributed by atoms with van der Waals surface area (Å²) in [4.78, 5) is 21.7. The maximum atomic E-state index is 13.3. The van der Waals surface area contributed by atoms with Gasteiger partial charge in [0.15, 0.2) is 0 Å². The third-order valence-electron chi connectivity index (χ3n) is 5.86. The van der Waals surface area contributed by atoms with Crippen LogP contribution in [0.25, 0.3) is 0 Å². The Morgan fingerprint density at radius 2 is 1.50 bits per heavy atom. The molecule has 2 aromatic heterocycles. The molecule has 1 saturated heterocycles. The van der Waals surface area contributed by atoms with Crippen LogP contribution in [-0.2, 0) is 13.1 Å². The number of hydrogen-bond donors (Lipinski definition) is 0. The molecule has 3 aromatic rings. The zero-order valence-electron chi connectivity index (χ0n) is 18.0. The van der Waals surface area contributed by atoms with Crippen LogP contribution >= 0.6 is 0 Å². The van der Waals surface area contributed by atoms with E-state index in [-0.39, 0.29) is 5.91 Å². The molecule has 30 heavy (non-hydrogen) atoms. The van der Waals surface area contributed by atoms with E-state index in [0.29, 0.717) is 6.54 Å². The molecule has 0 radical (unpaired) electrons. The van der Waals surface area contributed by atoms with E-state index in [4.69, 9.17) is 0 Å². The SMILES string of the molecule is Cc1ccc(Cn2nc(C)c(C(=O)N3CCN(Cc4ccncc4)CC3)c2C)cc1. The van der Waals surface area contributed by atoms with Crippen LogP contribution in [0.3, 0.4) is 0 Å². The molecule has 0 spiro atoms. The summed E-state index contributed by atoms with van der Waals surface area (Å²) >= 11 is 0. The molecule has 1 aliphatic rings. The first-order valence-corrected chi connectivity index (χ1v) is 10.5. The summed E-state index contributed by atoms with van der Waals surface area (Å²) < 4.78 is 1.95. The van der Waals surface area contributed by atoms with Gasteiger partial charge in [-0.1, -0.05) is 29.8 Å². The average Bonchev–Trinajstić information content (AvgIpc) is 3.03. The van der Waals surface area contributed by atoms with E-state index in [9.17, 15) is 4.79 Å². The van der Waals surface area contributed by atoms with Gasteiger partial charge in [0.2, 0.25) is 0 Å². The van der Waals surface area contributed by atoms with E-state index in [1.807, 2.05) is 48.0 Å². The molecule has 156 valence electrons. The second-order valence-electron chi connectivity index (χ2n) is 8.11. The van der Waals surface area contributed by atoms with E-state index >= 15 is 0 Å². The van der Waals surface area contributed by atoms with Crippen molar-refractivity contribution >= 4 is 5.91 Å². The highest BCUT2D eigenvalue weighted by Crippen LogP contribution is 2.19. The fraction of sp³-hybridized carbons (Fsp3) is 0.375. The summed E-state index contributed by atoms with van der Waals surface area (Å²) in [5.41, 5.74) is 6.20. The molecular formula is C24H29N5O. The van der Waals surface area contributed by atoms with Crippen molar-refractivity contribution in [2.24, 2.45) is 0 Å². The Hall–Kier alpha value is -2.99. The van der Waals surface area contributed by atoms with Crippen LogP contribution in [0, 0.1) is 20.8 Å². The summed E-state index contributed by atoms with van der Waals surface area (Å²) in [6, 6.07) is 12.6. The van der Waals surface area contributed by atoms with Crippen molar-refractivity contribution in [3.05, 3.63) is 82.4 Å². The number of benzene rings is 1. The minimum atomic E-state index is 0.101. The van der Waals surface area contributed by atoms with Crippen molar-refractivity contribution in [3.63, 3.8) is 0 Å². The number of piperazine rings is 1. The normalized spacial score (nSPS) is 14.8. The van der Waals surface area contributed by atoms with E-state index < -0.39 is 0 Å². The van der Waals surface area contributed by atoms with Gasteiger partial charge >= 0.3 is 0 Å². The second-order valence-corrected chi connectivity index (χ2v) is 8.11. The molecule has 1 amide bonds. The fourth-order valence-corrected chi connectivity index (χ4v) is 4.04. The Bertz CT molecular complexity index is 1000. The zero-order valence-corrected chi connectivity index (χ0v) is 18.0. The lowest BCUT2D eigenvalue weighted by Crippen LogP contribution is -2.48. The van der Waals surface area contributed by atoms with Gasteiger partial charge in [-0.2, -0.15) is 5.10 Å². The quantitative estimate of drug-likeness (QED) is 0.656. The molecule has 6 nitrogen and oxygen atoms in total. The Kier molecular flexibility index (Phi) is 5.95. The van der Waals surface area contributed by atoms with Crippen LogP contribution in [0.2, 0.25) is 0 Å². The van der Waals surface area contributed by atoms with Gasteiger partial charge in [-0.15, -0.1) is 0 Å². The average molecular weight is 404 g/mol. The highest BCUT2D eigenvalue weighted by molar-refractivity contribution is 5.96.